The molecule has 1 atom stereocenters. The highest BCUT2D eigenvalue weighted by Crippen LogP contribution is 2.40. The Balaban J connectivity index is 2.38. The van der Waals surface area contributed by atoms with E-state index >= 15 is 0 Å². The van der Waals surface area contributed by atoms with E-state index in [0.717, 1.165) is 16.3 Å². The van der Waals surface area contributed by atoms with Crippen LogP contribution in [0.4, 0.5) is 0 Å². The summed E-state index contributed by atoms with van der Waals surface area (Å²) in [6, 6.07) is 8.10. The van der Waals surface area contributed by atoms with Gasteiger partial charge in [-0.3, -0.25) is 9.78 Å². The van der Waals surface area contributed by atoms with Gasteiger partial charge in [-0.2, -0.15) is 0 Å². The Bertz CT molecular complexity index is 722. The van der Waals surface area contributed by atoms with Gasteiger partial charge in [0.1, 0.15) is 0 Å². The van der Waals surface area contributed by atoms with Crippen LogP contribution in [0.5, 0.6) is 0 Å². The van der Waals surface area contributed by atoms with Gasteiger partial charge >= 0.3 is 5.97 Å². The van der Waals surface area contributed by atoms with Crippen molar-refractivity contribution in [2.45, 2.75) is 51.4 Å². The Morgan fingerprint density at radius 2 is 1.92 bits per heavy atom. The lowest BCUT2D eigenvalue weighted by molar-refractivity contribution is -0.142. The van der Waals surface area contributed by atoms with Crippen molar-refractivity contribution in [2.24, 2.45) is 0 Å². The number of fused-ring (bicyclic) bond motifs is 1. The van der Waals surface area contributed by atoms with Gasteiger partial charge in [-0.25, -0.2) is 0 Å². The molecule has 0 aliphatic rings. The Kier molecular flexibility index (Phi) is 5.45. The van der Waals surface area contributed by atoms with Gasteiger partial charge in [0, 0.05) is 17.8 Å². The summed E-state index contributed by atoms with van der Waals surface area (Å²) in [4.78, 5) is 16.0. The average Bonchev–Trinajstić information content (AvgIpc) is 2.52. The molecular formula is C19H27NO3Si. The lowest BCUT2D eigenvalue weighted by Crippen LogP contribution is -2.42. The molecule has 2 aromatic rings. The Labute approximate surface area is 145 Å². The number of methoxy groups -OCH3 is 1. The number of aromatic nitrogens is 1. The molecule has 0 radical (unpaired) electrons. The van der Waals surface area contributed by atoms with Crippen LogP contribution < -0.4 is 0 Å². The quantitative estimate of drug-likeness (QED) is 0.573. The van der Waals surface area contributed by atoms with Gasteiger partial charge in [0.05, 0.1) is 19.6 Å². The van der Waals surface area contributed by atoms with E-state index in [0.29, 0.717) is 0 Å². The fourth-order valence-corrected chi connectivity index (χ4v) is 3.58. The molecule has 0 spiro atoms. The summed E-state index contributed by atoms with van der Waals surface area (Å²) in [5, 5.41) is 2.24. The van der Waals surface area contributed by atoms with Crippen LogP contribution in [0, 0.1) is 0 Å². The molecule has 130 valence electrons. The standard InChI is InChI=1S/C19H27NO3Si/c1-19(2,3)24(5,6)23-17(12-18(21)22-4)15-7-8-16-13-20-10-9-14(16)11-15/h7-11,13,17H,12H2,1-6H3/t17-/m0/s1. The summed E-state index contributed by atoms with van der Waals surface area (Å²) in [5.41, 5.74) is 1.00. The SMILES string of the molecule is COC(=O)C[C@H](O[Si](C)(C)C(C)(C)C)c1ccc2cnccc2c1. The highest BCUT2D eigenvalue weighted by Gasteiger charge is 2.40. The van der Waals surface area contributed by atoms with E-state index in [1.54, 1.807) is 6.20 Å². The Morgan fingerprint density at radius 1 is 1.21 bits per heavy atom. The molecule has 0 aliphatic heterocycles. The lowest BCUT2D eigenvalue weighted by Gasteiger charge is -2.39. The summed E-state index contributed by atoms with van der Waals surface area (Å²) in [7, 11) is -0.604. The third-order valence-electron chi connectivity index (χ3n) is 4.86. The van der Waals surface area contributed by atoms with Crippen LogP contribution in [-0.2, 0) is 14.0 Å². The van der Waals surface area contributed by atoms with E-state index in [4.69, 9.17) is 9.16 Å². The fraction of sp³-hybridized carbons (Fsp3) is 0.474. The highest BCUT2D eigenvalue weighted by atomic mass is 28.4. The first-order valence-corrected chi connectivity index (χ1v) is 11.1. The second kappa shape index (κ2) is 7.03. The van der Waals surface area contributed by atoms with Gasteiger partial charge in [-0.05, 0) is 41.2 Å². The van der Waals surface area contributed by atoms with E-state index in [2.05, 4.69) is 44.9 Å². The largest absolute Gasteiger partial charge is 0.469 e. The molecule has 0 amide bonds. The van der Waals surface area contributed by atoms with Crippen LogP contribution in [0.15, 0.2) is 36.7 Å². The molecule has 0 aliphatic carbocycles. The number of hydrogen-bond acceptors (Lipinski definition) is 4. The number of nitrogens with zero attached hydrogens (tertiary/aromatic N) is 1. The topological polar surface area (TPSA) is 48.4 Å². The minimum absolute atomic E-state index is 0.0716. The Morgan fingerprint density at radius 3 is 2.54 bits per heavy atom. The van der Waals surface area contributed by atoms with E-state index < -0.39 is 8.32 Å². The van der Waals surface area contributed by atoms with Crippen molar-refractivity contribution in [3.8, 4) is 0 Å². The zero-order valence-corrected chi connectivity index (χ0v) is 16.4. The summed E-state index contributed by atoms with van der Waals surface area (Å²) in [6.07, 6.45) is 3.54. The molecule has 0 unspecified atom stereocenters. The van der Waals surface area contributed by atoms with Gasteiger partial charge in [0.25, 0.3) is 0 Å². The van der Waals surface area contributed by atoms with E-state index in [1.165, 1.54) is 7.11 Å². The van der Waals surface area contributed by atoms with Crippen LogP contribution in [0.2, 0.25) is 18.1 Å². The van der Waals surface area contributed by atoms with Gasteiger partial charge in [-0.15, -0.1) is 0 Å². The molecule has 0 fully saturated rings. The van der Waals surface area contributed by atoms with Gasteiger partial charge in [0.15, 0.2) is 8.32 Å². The van der Waals surface area contributed by atoms with Gasteiger partial charge in [0.2, 0.25) is 0 Å². The molecule has 0 N–H and O–H groups in total. The van der Waals surface area contributed by atoms with Gasteiger partial charge in [-0.1, -0.05) is 32.9 Å². The molecule has 4 nitrogen and oxygen atoms in total. The third kappa shape index (κ3) is 4.22. The second-order valence-electron chi connectivity index (χ2n) is 7.63. The van der Waals surface area contributed by atoms with Crippen molar-refractivity contribution in [1.82, 2.24) is 4.98 Å². The zero-order chi connectivity index (χ0) is 18.0. The third-order valence-corrected chi connectivity index (χ3v) is 9.35. The van der Waals surface area contributed by atoms with Crippen molar-refractivity contribution in [1.29, 1.82) is 0 Å². The molecule has 2 rings (SSSR count). The molecule has 24 heavy (non-hydrogen) atoms. The first kappa shape index (κ1) is 18.6. The van der Waals surface area contributed by atoms with Gasteiger partial charge < -0.3 is 9.16 Å². The molecule has 5 heteroatoms. The monoisotopic (exact) mass is 345 g/mol. The predicted molar refractivity (Wildman–Crippen MR) is 99.4 cm³/mol. The van der Waals surface area contributed by atoms with E-state index in [-0.39, 0.29) is 23.5 Å². The summed E-state index contributed by atoms with van der Waals surface area (Å²) >= 11 is 0. The maximum absolute atomic E-state index is 11.9. The average molecular weight is 346 g/mol. The smallest absolute Gasteiger partial charge is 0.308 e. The van der Waals surface area contributed by atoms with Crippen molar-refractivity contribution in [3.05, 3.63) is 42.2 Å². The first-order chi connectivity index (χ1) is 11.1. The molecule has 0 saturated heterocycles. The number of ether oxygens (including phenoxy) is 1. The molecule has 1 aromatic heterocycles. The Hall–Kier alpha value is -1.72. The van der Waals surface area contributed by atoms with Crippen LogP contribution in [0.25, 0.3) is 10.8 Å². The van der Waals surface area contributed by atoms with Crippen molar-refractivity contribution >= 4 is 25.1 Å². The first-order valence-electron chi connectivity index (χ1n) is 8.22. The van der Waals surface area contributed by atoms with Crippen LogP contribution in [0.3, 0.4) is 0 Å². The molecule has 1 heterocycles. The summed E-state index contributed by atoms with van der Waals surface area (Å²) in [6.45, 7) is 11.0. The van der Waals surface area contributed by atoms with Crippen molar-refractivity contribution < 1.29 is 14.0 Å². The minimum Gasteiger partial charge on any atom is -0.469 e. The van der Waals surface area contributed by atoms with E-state index in [9.17, 15) is 4.79 Å². The number of hydrogen-bond donors (Lipinski definition) is 0. The predicted octanol–water partition coefficient (Wildman–Crippen LogP) is 4.86. The highest BCUT2D eigenvalue weighted by molar-refractivity contribution is 6.74. The fourth-order valence-electron chi connectivity index (χ4n) is 2.30. The second-order valence-corrected chi connectivity index (χ2v) is 12.4. The summed E-state index contributed by atoms with van der Waals surface area (Å²) < 4.78 is 11.4. The van der Waals surface area contributed by atoms with Crippen molar-refractivity contribution in [2.75, 3.05) is 7.11 Å². The number of esters is 1. The van der Waals surface area contributed by atoms with Crippen molar-refractivity contribution in [3.63, 3.8) is 0 Å². The van der Waals surface area contributed by atoms with Crippen LogP contribution in [0.1, 0.15) is 38.9 Å². The minimum atomic E-state index is -2.02. The maximum Gasteiger partial charge on any atom is 0.308 e. The molecular weight excluding hydrogens is 318 g/mol. The number of rotatable bonds is 5. The number of carbonyl (C=O) groups excluding carboxylic acids is 1. The molecule has 0 bridgehead atoms. The molecule has 1 aromatic carbocycles. The normalized spacial score (nSPS) is 13.8. The van der Waals surface area contributed by atoms with Crippen LogP contribution in [-0.4, -0.2) is 26.4 Å². The van der Waals surface area contributed by atoms with Crippen LogP contribution >= 0.6 is 0 Å². The van der Waals surface area contributed by atoms with E-state index in [1.807, 2.05) is 24.4 Å². The number of pyridine rings is 1. The molecule has 0 saturated carbocycles. The summed E-state index contributed by atoms with van der Waals surface area (Å²) in [5.74, 6) is -0.256. The number of benzene rings is 1. The zero-order valence-electron chi connectivity index (χ0n) is 15.4. The lowest BCUT2D eigenvalue weighted by atomic mass is 10.0. The maximum atomic E-state index is 11.9. The number of carbonyl (C=O) groups is 1.